The third-order valence-electron chi connectivity index (χ3n) is 4.37. The Bertz CT molecular complexity index is 968. The Labute approximate surface area is 166 Å². The van der Waals surface area contributed by atoms with Gasteiger partial charge in [0.05, 0.1) is 0 Å². The second-order valence-electron chi connectivity index (χ2n) is 7.96. The number of aryl methyl sites for hydroxylation is 2. The van der Waals surface area contributed by atoms with E-state index in [4.69, 9.17) is 0 Å². The lowest BCUT2D eigenvalue weighted by Crippen LogP contribution is -2.14. The van der Waals surface area contributed by atoms with Gasteiger partial charge in [-0.15, -0.1) is 0 Å². The standard InChI is InChI=1S/C23H26N4O/c1-15-13-16(2)25-22(24-15)27-20-8-6-7-19(14-20)26-21(28)17-9-11-18(12-10-17)23(3,4)5/h6-14H,1-5H3,(H,26,28)(H,24,25,27). The van der Waals surface area contributed by atoms with Crippen LogP contribution >= 0.6 is 0 Å². The molecule has 2 N–H and O–H groups in total. The number of rotatable bonds is 4. The van der Waals surface area contributed by atoms with Gasteiger partial charge in [-0.05, 0) is 61.2 Å². The molecule has 2 aromatic carbocycles. The number of carbonyl (C=O) groups is 1. The van der Waals surface area contributed by atoms with Crippen molar-refractivity contribution in [3.8, 4) is 0 Å². The maximum atomic E-state index is 12.6. The van der Waals surface area contributed by atoms with Crippen molar-refractivity contribution in [3.63, 3.8) is 0 Å². The van der Waals surface area contributed by atoms with Crippen molar-refractivity contribution in [1.82, 2.24) is 9.97 Å². The van der Waals surface area contributed by atoms with Gasteiger partial charge in [-0.2, -0.15) is 0 Å². The van der Waals surface area contributed by atoms with Crippen molar-refractivity contribution in [2.45, 2.75) is 40.0 Å². The summed E-state index contributed by atoms with van der Waals surface area (Å²) in [6.45, 7) is 10.3. The van der Waals surface area contributed by atoms with Gasteiger partial charge in [0.2, 0.25) is 5.95 Å². The van der Waals surface area contributed by atoms with E-state index in [0.717, 1.165) is 17.1 Å². The van der Waals surface area contributed by atoms with E-state index < -0.39 is 0 Å². The number of aromatic nitrogens is 2. The zero-order chi connectivity index (χ0) is 20.3. The quantitative estimate of drug-likeness (QED) is 0.643. The van der Waals surface area contributed by atoms with Crippen LogP contribution in [-0.2, 0) is 5.41 Å². The molecule has 144 valence electrons. The number of hydrogen-bond donors (Lipinski definition) is 2. The van der Waals surface area contributed by atoms with E-state index in [9.17, 15) is 4.79 Å². The van der Waals surface area contributed by atoms with Gasteiger partial charge in [-0.3, -0.25) is 4.79 Å². The molecule has 3 rings (SSSR count). The van der Waals surface area contributed by atoms with Gasteiger partial charge >= 0.3 is 0 Å². The lowest BCUT2D eigenvalue weighted by Gasteiger charge is -2.19. The summed E-state index contributed by atoms with van der Waals surface area (Å²) < 4.78 is 0. The number of amides is 1. The molecule has 0 aliphatic rings. The van der Waals surface area contributed by atoms with Crippen LogP contribution < -0.4 is 10.6 Å². The van der Waals surface area contributed by atoms with E-state index in [-0.39, 0.29) is 11.3 Å². The molecule has 0 fully saturated rings. The van der Waals surface area contributed by atoms with Crippen molar-refractivity contribution in [2.75, 3.05) is 10.6 Å². The Kier molecular flexibility index (Phi) is 5.45. The largest absolute Gasteiger partial charge is 0.324 e. The number of nitrogens with one attached hydrogen (secondary N) is 2. The molecule has 0 aliphatic heterocycles. The Morgan fingerprint density at radius 1 is 0.857 bits per heavy atom. The maximum Gasteiger partial charge on any atom is 0.255 e. The molecule has 0 aliphatic carbocycles. The molecule has 0 atom stereocenters. The summed E-state index contributed by atoms with van der Waals surface area (Å²) in [6, 6.07) is 17.2. The number of nitrogens with zero attached hydrogens (tertiary/aromatic N) is 2. The fraction of sp³-hybridized carbons (Fsp3) is 0.261. The van der Waals surface area contributed by atoms with Crippen LogP contribution in [0, 0.1) is 13.8 Å². The summed E-state index contributed by atoms with van der Waals surface area (Å²) in [5.41, 5.74) is 5.21. The molecule has 0 bridgehead atoms. The Balaban J connectivity index is 1.72. The Morgan fingerprint density at radius 2 is 1.46 bits per heavy atom. The van der Waals surface area contributed by atoms with Gasteiger partial charge in [0.25, 0.3) is 5.91 Å². The minimum atomic E-state index is -0.139. The van der Waals surface area contributed by atoms with Gasteiger partial charge < -0.3 is 10.6 Å². The average Bonchev–Trinajstić information content (AvgIpc) is 2.60. The third-order valence-corrected chi connectivity index (χ3v) is 4.37. The second-order valence-corrected chi connectivity index (χ2v) is 7.96. The molecule has 0 saturated heterocycles. The molecule has 28 heavy (non-hydrogen) atoms. The van der Waals surface area contributed by atoms with E-state index >= 15 is 0 Å². The predicted octanol–water partition coefficient (Wildman–Crippen LogP) is 5.39. The van der Waals surface area contributed by atoms with Gasteiger partial charge in [-0.1, -0.05) is 39.0 Å². The molecule has 5 nitrogen and oxygen atoms in total. The molecule has 1 amide bonds. The van der Waals surface area contributed by atoms with E-state index in [1.54, 1.807) is 0 Å². The van der Waals surface area contributed by atoms with Crippen molar-refractivity contribution in [2.24, 2.45) is 0 Å². The zero-order valence-electron chi connectivity index (χ0n) is 17.0. The Morgan fingerprint density at radius 3 is 2.07 bits per heavy atom. The first kappa shape index (κ1) is 19.5. The van der Waals surface area contributed by atoms with Gasteiger partial charge in [0, 0.05) is 28.3 Å². The second kappa shape index (κ2) is 7.80. The van der Waals surface area contributed by atoms with Crippen molar-refractivity contribution >= 4 is 23.2 Å². The summed E-state index contributed by atoms with van der Waals surface area (Å²) in [5.74, 6) is 0.402. The van der Waals surface area contributed by atoms with Crippen LogP contribution in [0.2, 0.25) is 0 Å². The molecule has 1 aromatic heterocycles. The lowest BCUT2D eigenvalue weighted by molar-refractivity contribution is 0.102. The van der Waals surface area contributed by atoms with Gasteiger partial charge in [-0.25, -0.2) is 9.97 Å². The number of anilines is 3. The molecule has 1 heterocycles. The van der Waals surface area contributed by atoms with Gasteiger partial charge in [0.15, 0.2) is 0 Å². The fourth-order valence-corrected chi connectivity index (χ4v) is 2.91. The summed E-state index contributed by atoms with van der Waals surface area (Å²) in [7, 11) is 0. The molecular formula is C23H26N4O. The molecule has 0 radical (unpaired) electrons. The van der Waals surface area contributed by atoms with E-state index in [1.165, 1.54) is 5.56 Å². The topological polar surface area (TPSA) is 66.9 Å². The molecule has 0 unspecified atom stereocenters. The van der Waals surface area contributed by atoms with Crippen LogP contribution in [0.1, 0.15) is 48.1 Å². The van der Waals surface area contributed by atoms with Crippen LogP contribution in [0.15, 0.2) is 54.6 Å². The first-order valence-corrected chi connectivity index (χ1v) is 9.32. The van der Waals surface area contributed by atoms with Crippen LogP contribution in [-0.4, -0.2) is 15.9 Å². The monoisotopic (exact) mass is 374 g/mol. The average molecular weight is 374 g/mol. The smallest absolute Gasteiger partial charge is 0.255 e. The highest BCUT2D eigenvalue weighted by atomic mass is 16.1. The van der Waals surface area contributed by atoms with E-state index in [2.05, 4.69) is 41.4 Å². The predicted molar refractivity (Wildman–Crippen MR) is 114 cm³/mol. The first-order chi connectivity index (χ1) is 13.2. The Hall–Kier alpha value is -3.21. The highest BCUT2D eigenvalue weighted by molar-refractivity contribution is 6.04. The summed E-state index contributed by atoms with van der Waals surface area (Å²) in [6.07, 6.45) is 0. The molecule has 3 aromatic rings. The van der Waals surface area contributed by atoms with Crippen molar-refractivity contribution in [3.05, 3.63) is 77.1 Å². The molecule has 0 spiro atoms. The minimum Gasteiger partial charge on any atom is -0.324 e. The molecular weight excluding hydrogens is 348 g/mol. The normalized spacial score (nSPS) is 11.2. The third kappa shape index (κ3) is 4.94. The van der Waals surface area contributed by atoms with Crippen LogP contribution in [0.5, 0.6) is 0 Å². The summed E-state index contributed by atoms with van der Waals surface area (Å²) in [4.78, 5) is 21.3. The maximum absolute atomic E-state index is 12.6. The zero-order valence-corrected chi connectivity index (χ0v) is 17.0. The van der Waals surface area contributed by atoms with Gasteiger partial charge in [0.1, 0.15) is 0 Å². The molecule has 0 saturated carbocycles. The fourth-order valence-electron chi connectivity index (χ4n) is 2.91. The first-order valence-electron chi connectivity index (χ1n) is 9.32. The number of benzene rings is 2. The summed E-state index contributed by atoms with van der Waals surface area (Å²) >= 11 is 0. The van der Waals surface area contributed by atoms with E-state index in [0.29, 0.717) is 17.2 Å². The lowest BCUT2D eigenvalue weighted by atomic mass is 9.87. The van der Waals surface area contributed by atoms with Crippen molar-refractivity contribution in [1.29, 1.82) is 0 Å². The van der Waals surface area contributed by atoms with Crippen LogP contribution in [0.25, 0.3) is 0 Å². The molecule has 5 heteroatoms. The van der Waals surface area contributed by atoms with E-state index in [1.807, 2.05) is 68.4 Å². The minimum absolute atomic E-state index is 0.0607. The highest BCUT2D eigenvalue weighted by Gasteiger charge is 2.14. The van der Waals surface area contributed by atoms with Crippen molar-refractivity contribution < 1.29 is 4.79 Å². The SMILES string of the molecule is Cc1cc(C)nc(Nc2cccc(NC(=O)c3ccc(C(C)(C)C)cc3)c2)n1. The van der Waals surface area contributed by atoms with Crippen LogP contribution in [0.4, 0.5) is 17.3 Å². The number of hydrogen-bond acceptors (Lipinski definition) is 4. The summed E-state index contributed by atoms with van der Waals surface area (Å²) in [5, 5.41) is 6.14. The highest BCUT2D eigenvalue weighted by Crippen LogP contribution is 2.23. The van der Waals surface area contributed by atoms with Crippen LogP contribution in [0.3, 0.4) is 0 Å². The number of carbonyl (C=O) groups excluding carboxylic acids is 1.